The maximum absolute atomic E-state index is 12.2. The first kappa shape index (κ1) is 20.2. The van der Waals surface area contributed by atoms with Gasteiger partial charge in [0.25, 0.3) is 5.91 Å². The van der Waals surface area contributed by atoms with Crippen LogP contribution in [-0.4, -0.2) is 55.0 Å². The van der Waals surface area contributed by atoms with Crippen molar-refractivity contribution in [2.75, 3.05) is 32.2 Å². The maximum atomic E-state index is 12.2. The van der Waals surface area contributed by atoms with E-state index in [-0.39, 0.29) is 36.1 Å². The number of aromatic nitrogens is 2. The predicted octanol–water partition coefficient (Wildman–Crippen LogP) is 1.61. The molecule has 0 radical (unpaired) electrons. The van der Waals surface area contributed by atoms with Crippen LogP contribution in [0.2, 0.25) is 0 Å². The molecule has 2 amide bonds. The third-order valence-electron chi connectivity index (χ3n) is 4.02. The molecule has 0 aliphatic carbocycles. The van der Waals surface area contributed by atoms with Gasteiger partial charge in [-0.05, 0) is 37.1 Å². The van der Waals surface area contributed by atoms with Crippen molar-refractivity contribution in [2.24, 2.45) is 0 Å². The summed E-state index contributed by atoms with van der Waals surface area (Å²) in [5.74, 6) is 0.133. The molecule has 2 heterocycles. The number of carbonyl (C=O) groups excluding carboxylic acids is 2. The Morgan fingerprint density at radius 3 is 2.82 bits per heavy atom. The van der Waals surface area contributed by atoms with Crippen molar-refractivity contribution in [1.82, 2.24) is 15.5 Å². The zero-order valence-electron chi connectivity index (χ0n) is 15.5. The zero-order chi connectivity index (χ0) is 19.8. The predicted molar refractivity (Wildman–Crippen MR) is 102 cm³/mol. The molecule has 2 aromatic rings. The van der Waals surface area contributed by atoms with Gasteiger partial charge >= 0.3 is 0 Å². The molecule has 0 bridgehead atoms. The molecule has 9 nitrogen and oxygen atoms in total. The van der Waals surface area contributed by atoms with Crippen LogP contribution in [0.3, 0.4) is 0 Å². The van der Waals surface area contributed by atoms with Gasteiger partial charge in [-0.3, -0.25) is 9.59 Å². The average Bonchev–Trinajstić information content (AvgIpc) is 3.39. The van der Waals surface area contributed by atoms with Crippen molar-refractivity contribution in [3.63, 3.8) is 0 Å². The quantitative estimate of drug-likeness (QED) is 0.651. The Hall–Kier alpha value is -2.56. The van der Waals surface area contributed by atoms with E-state index in [1.807, 2.05) is 0 Å². The maximum Gasteiger partial charge on any atom is 0.286 e. The fourth-order valence-electron chi connectivity index (χ4n) is 2.58. The summed E-state index contributed by atoms with van der Waals surface area (Å²) in [7, 11) is 1.58. The highest BCUT2D eigenvalue weighted by Gasteiger charge is 2.17. The Bertz CT molecular complexity index is 790. The topological polar surface area (TPSA) is 112 Å². The molecule has 1 saturated heterocycles. The van der Waals surface area contributed by atoms with E-state index in [0.717, 1.165) is 30.8 Å². The van der Waals surface area contributed by atoms with Crippen molar-refractivity contribution >= 4 is 28.8 Å². The summed E-state index contributed by atoms with van der Waals surface area (Å²) in [4.78, 5) is 24.0. The molecule has 1 atom stereocenters. The Morgan fingerprint density at radius 2 is 2.11 bits per heavy atom. The number of amides is 2. The SMILES string of the molecule is COc1ccc(NC(=O)c2nnc(COCC(=O)NC[C@@H]3CCCO3)s2)cc1. The van der Waals surface area contributed by atoms with Crippen LogP contribution in [0.15, 0.2) is 24.3 Å². The number of carbonyl (C=O) groups is 2. The van der Waals surface area contributed by atoms with E-state index < -0.39 is 0 Å². The fraction of sp³-hybridized carbons (Fsp3) is 0.444. The Labute approximate surface area is 166 Å². The first-order chi connectivity index (χ1) is 13.6. The van der Waals surface area contributed by atoms with Gasteiger partial charge in [0.1, 0.15) is 24.0 Å². The number of methoxy groups -OCH3 is 1. The smallest absolute Gasteiger partial charge is 0.286 e. The van der Waals surface area contributed by atoms with Gasteiger partial charge in [-0.15, -0.1) is 10.2 Å². The summed E-state index contributed by atoms with van der Waals surface area (Å²) in [5, 5.41) is 14.0. The minimum atomic E-state index is -0.358. The van der Waals surface area contributed by atoms with Gasteiger partial charge in [0.2, 0.25) is 10.9 Å². The molecule has 1 aromatic heterocycles. The monoisotopic (exact) mass is 406 g/mol. The first-order valence-corrected chi connectivity index (χ1v) is 9.69. The van der Waals surface area contributed by atoms with Crippen LogP contribution >= 0.6 is 11.3 Å². The molecule has 2 N–H and O–H groups in total. The minimum Gasteiger partial charge on any atom is -0.497 e. The summed E-state index contributed by atoms with van der Waals surface area (Å²) in [6.07, 6.45) is 2.09. The molecule has 0 unspecified atom stereocenters. The fourth-order valence-corrected chi connectivity index (χ4v) is 3.25. The zero-order valence-corrected chi connectivity index (χ0v) is 16.3. The Kier molecular flexibility index (Phi) is 7.29. The molecule has 150 valence electrons. The van der Waals surface area contributed by atoms with Gasteiger partial charge in [0, 0.05) is 18.8 Å². The van der Waals surface area contributed by atoms with Gasteiger partial charge in [0.15, 0.2) is 0 Å². The summed E-state index contributed by atoms with van der Waals surface area (Å²) in [6, 6.07) is 6.96. The number of benzene rings is 1. The van der Waals surface area contributed by atoms with Gasteiger partial charge < -0.3 is 24.8 Å². The lowest BCUT2D eigenvalue weighted by atomic mass is 10.2. The highest BCUT2D eigenvalue weighted by molar-refractivity contribution is 7.13. The lowest BCUT2D eigenvalue weighted by Crippen LogP contribution is -2.34. The van der Waals surface area contributed by atoms with Crippen LogP contribution in [0.4, 0.5) is 5.69 Å². The van der Waals surface area contributed by atoms with E-state index in [4.69, 9.17) is 14.2 Å². The number of nitrogens with zero attached hydrogens (tertiary/aromatic N) is 2. The van der Waals surface area contributed by atoms with Crippen molar-refractivity contribution in [3.05, 3.63) is 34.3 Å². The molecule has 3 rings (SSSR count). The van der Waals surface area contributed by atoms with Crippen LogP contribution in [0.5, 0.6) is 5.75 Å². The van der Waals surface area contributed by atoms with E-state index in [2.05, 4.69) is 20.8 Å². The third-order valence-corrected chi connectivity index (χ3v) is 4.91. The van der Waals surface area contributed by atoms with Crippen LogP contribution in [-0.2, 0) is 20.9 Å². The van der Waals surface area contributed by atoms with E-state index in [1.165, 1.54) is 0 Å². The van der Waals surface area contributed by atoms with Crippen molar-refractivity contribution < 1.29 is 23.8 Å². The number of hydrogen-bond donors (Lipinski definition) is 2. The van der Waals surface area contributed by atoms with Gasteiger partial charge in [0.05, 0.1) is 13.2 Å². The molecule has 28 heavy (non-hydrogen) atoms. The molecular formula is C18H22N4O5S. The summed E-state index contributed by atoms with van der Waals surface area (Å²) in [6.45, 7) is 1.28. The minimum absolute atomic E-state index is 0.0837. The summed E-state index contributed by atoms with van der Waals surface area (Å²) < 4.78 is 15.9. The average molecular weight is 406 g/mol. The second kappa shape index (κ2) is 10.1. The molecule has 0 saturated carbocycles. The molecule has 1 aliphatic rings. The number of anilines is 1. The molecule has 0 spiro atoms. The summed E-state index contributed by atoms with van der Waals surface area (Å²) in [5.41, 5.74) is 0.627. The molecule has 1 fully saturated rings. The number of rotatable bonds is 9. The second-order valence-corrected chi connectivity index (χ2v) is 7.18. The lowest BCUT2D eigenvalue weighted by molar-refractivity contribution is -0.126. The van der Waals surface area contributed by atoms with Gasteiger partial charge in [-0.2, -0.15) is 0 Å². The largest absolute Gasteiger partial charge is 0.497 e. The van der Waals surface area contributed by atoms with Crippen molar-refractivity contribution in [1.29, 1.82) is 0 Å². The van der Waals surface area contributed by atoms with Crippen LogP contribution in [0.25, 0.3) is 0 Å². The summed E-state index contributed by atoms with van der Waals surface area (Å²) >= 11 is 1.12. The third kappa shape index (κ3) is 5.98. The van der Waals surface area contributed by atoms with Crippen LogP contribution < -0.4 is 15.4 Å². The highest BCUT2D eigenvalue weighted by Crippen LogP contribution is 2.17. The van der Waals surface area contributed by atoms with E-state index >= 15 is 0 Å². The normalized spacial score (nSPS) is 16.0. The Balaban J connectivity index is 1.39. The van der Waals surface area contributed by atoms with Gasteiger partial charge in [-0.25, -0.2) is 0 Å². The number of ether oxygens (including phenoxy) is 3. The van der Waals surface area contributed by atoms with Crippen molar-refractivity contribution in [2.45, 2.75) is 25.6 Å². The first-order valence-electron chi connectivity index (χ1n) is 8.88. The Morgan fingerprint density at radius 1 is 1.29 bits per heavy atom. The van der Waals surface area contributed by atoms with E-state index in [9.17, 15) is 9.59 Å². The lowest BCUT2D eigenvalue weighted by Gasteiger charge is -2.10. The van der Waals surface area contributed by atoms with E-state index in [1.54, 1.807) is 31.4 Å². The highest BCUT2D eigenvalue weighted by atomic mass is 32.1. The second-order valence-electron chi connectivity index (χ2n) is 6.12. The van der Waals surface area contributed by atoms with Crippen molar-refractivity contribution in [3.8, 4) is 5.75 Å². The van der Waals surface area contributed by atoms with Gasteiger partial charge in [-0.1, -0.05) is 11.3 Å². The molecule has 10 heteroatoms. The van der Waals surface area contributed by atoms with Crippen LogP contribution in [0, 0.1) is 0 Å². The van der Waals surface area contributed by atoms with E-state index in [0.29, 0.717) is 23.0 Å². The van der Waals surface area contributed by atoms with Crippen LogP contribution in [0.1, 0.15) is 27.7 Å². The standard InChI is InChI=1S/C18H22N4O5S/c1-25-13-6-4-12(5-7-13)20-17(24)18-22-21-16(28-18)11-26-10-15(23)19-9-14-3-2-8-27-14/h4-7,14H,2-3,8-11H2,1H3,(H,19,23)(H,20,24)/t14-/m0/s1. The molecular weight excluding hydrogens is 384 g/mol. The molecule has 1 aliphatic heterocycles. The molecule has 1 aromatic carbocycles. The number of hydrogen-bond acceptors (Lipinski definition) is 8. The number of nitrogens with one attached hydrogen (secondary N) is 2.